The summed E-state index contributed by atoms with van der Waals surface area (Å²) in [5.74, 6) is -0.352. The predicted molar refractivity (Wildman–Crippen MR) is 152 cm³/mol. The molecule has 2 aromatic heterocycles. The molecule has 0 fully saturated rings. The Morgan fingerprint density at radius 1 is 0.878 bits per heavy atom. The fourth-order valence-corrected chi connectivity index (χ4v) is 4.70. The second-order valence-electron chi connectivity index (χ2n) is 9.52. The lowest BCUT2D eigenvalue weighted by molar-refractivity contribution is 0.0697. The molecule has 0 aliphatic heterocycles. The van der Waals surface area contributed by atoms with Gasteiger partial charge in [-0.15, -0.1) is 0 Å². The Morgan fingerprint density at radius 2 is 1.68 bits per heavy atom. The van der Waals surface area contributed by atoms with Gasteiger partial charge in [0.1, 0.15) is 18.2 Å². The molecule has 1 N–H and O–H groups in total. The molecule has 0 radical (unpaired) electrons. The number of pyridine rings is 1. The van der Waals surface area contributed by atoms with E-state index in [1.807, 2.05) is 47.0 Å². The SMILES string of the molecule is COCCn1c(Cc2ccc(-c3cccc(OCc4ccccc4COC)n3)cc2F)nc2ccc(C(=O)O)cc21. The molecule has 41 heavy (non-hydrogen) atoms. The van der Waals surface area contributed by atoms with E-state index < -0.39 is 5.97 Å². The van der Waals surface area contributed by atoms with E-state index in [2.05, 4.69) is 9.97 Å². The van der Waals surface area contributed by atoms with Gasteiger partial charge in [-0.2, -0.15) is 0 Å². The van der Waals surface area contributed by atoms with Crippen LogP contribution in [0.1, 0.15) is 32.9 Å². The Kier molecular flexibility index (Phi) is 8.67. The monoisotopic (exact) mass is 555 g/mol. The molecule has 5 aromatic rings. The first-order valence-electron chi connectivity index (χ1n) is 13.1. The average Bonchev–Trinajstić information content (AvgIpc) is 3.33. The summed E-state index contributed by atoms with van der Waals surface area (Å²) in [4.78, 5) is 20.8. The van der Waals surface area contributed by atoms with E-state index in [0.717, 1.165) is 11.1 Å². The van der Waals surface area contributed by atoms with Gasteiger partial charge in [-0.05, 0) is 47.0 Å². The molecule has 2 heterocycles. The number of hydrogen-bond donors (Lipinski definition) is 1. The summed E-state index contributed by atoms with van der Waals surface area (Å²) >= 11 is 0. The number of nitrogens with zero attached hydrogens (tertiary/aromatic N) is 3. The summed E-state index contributed by atoms with van der Waals surface area (Å²) in [5.41, 5.74) is 5.19. The standard InChI is InChI=1S/C32H30FN3O5/c1-39-15-14-36-29-17-23(32(37)38)12-13-28(29)34-30(36)18-21-10-11-22(16-26(21)33)27-8-5-9-31(35-27)41-20-25-7-4-3-6-24(25)19-40-2/h3-13,16-17H,14-15,18-20H2,1-2H3,(H,37,38). The lowest BCUT2D eigenvalue weighted by Gasteiger charge is -2.12. The molecule has 0 spiro atoms. The van der Waals surface area contributed by atoms with E-state index in [0.29, 0.717) is 65.9 Å². The number of ether oxygens (including phenoxy) is 3. The number of halogens is 1. The Balaban J connectivity index is 1.36. The smallest absolute Gasteiger partial charge is 0.335 e. The number of imidazole rings is 1. The molecule has 0 bridgehead atoms. The average molecular weight is 556 g/mol. The molecule has 0 amide bonds. The molecule has 0 saturated carbocycles. The van der Waals surface area contributed by atoms with Gasteiger partial charge in [0.2, 0.25) is 5.88 Å². The Hall–Kier alpha value is -4.60. The van der Waals surface area contributed by atoms with Crippen LogP contribution in [0.15, 0.2) is 78.9 Å². The minimum absolute atomic E-state index is 0.163. The first kappa shape index (κ1) is 27.9. The molecule has 0 unspecified atom stereocenters. The van der Waals surface area contributed by atoms with E-state index in [-0.39, 0.29) is 17.8 Å². The van der Waals surface area contributed by atoms with Crippen LogP contribution < -0.4 is 4.74 Å². The molecule has 8 nitrogen and oxygen atoms in total. The summed E-state index contributed by atoms with van der Waals surface area (Å²) in [6.45, 7) is 1.68. The van der Waals surface area contributed by atoms with Gasteiger partial charge in [0, 0.05) is 38.8 Å². The number of carboxylic acid groups (broad SMARTS) is 1. The van der Waals surface area contributed by atoms with Gasteiger partial charge in [-0.1, -0.05) is 42.5 Å². The fourth-order valence-electron chi connectivity index (χ4n) is 4.70. The lowest BCUT2D eigenvalue weighted by atomic mass is 10.1. The van der Waals surface area contributed by atoms with Gasteiger partial charge in [0.15, 0.2) is 0 Å². The van der Waals surface area contributed by atoms with Crippen molar-refractivity contribution in [2.45, 2.75) is 26.2 Å². The van der Waals surface area contributed by atoms with Crippen molar-refractivity contribution < 1.29 is 28.5 Å². The highest BCUT2D eigenvalue weighted by molar-refractivity contribution is 5.92. The number of fused-ring (bicyclic) bond motifs is 1. The summed E-state index contributed by atoms with van der Waals surface area (Å²) in [7, 11) is 3.25. The van der Waals surface area contributed by atoms with Crippen molar-refractivity contribution in [1.29, 1.82) is 0 Å². The van der Waals surface area contributed by atoms with Gasteiger partial charge in [0.25, 0.3) is 0 Å². The zero-order chi connectivity index (χ0) is 28.8. The van der Waals surface area contributed by atoms with Crippen molar-refractivity contribution in [3.63, 3.8) is 0 Å². The highest BCUT2D eigenvalue weighted by Crippen LogP contribution is 2.26. The molecule has 210 valence electrons. The van der Waals surface area contributed by atoms with E-state index >= 15 is 4.39 Å². The third-order valence-electron chi connectivity index (χ3n) is 6.81. The second-order valence-corrected chi connectivity index (χ2v) is 9.52. The Bertz CT molecular complexity index is 1680. The normalized spacial score (nSPS) is 11.2. The number of carboxylic acids is 1. The summed E-state index contributed by atoms with van der Waals surface area (Å²) < 4.78 is 33.8. The maximum atomic E-state index is 15.4. The van der Waals surface area contributed by atoms with Crippen molar-refractivity contribution >= 4 is 17.0 Å². The molecule has 3 aromatic carbocycles. The number of aromatic carboxylic acids is 1. The first-order valence-corrected chi connectivity index (χ1v) is 13.1. The van der Waals surface area contributed by atoms with Crippen LogP contribution in [0.3, 0.4) is 0 Å². The third kappa shape index (κ3) is 6.42. The van der Waals surface area contributed by atoms with Crippen LogP contribution in [0.2, 0.25) is 0 Å². The van der Waals surface area contributed by atoms with E-state index in [9.17, 15) is 9.90 Å². The van der Waals surface area contributed by atoms with Gasteiger partial charge in [-0.25, -0.2) is 19.2 Å². The fraction of sp³-hybridized carbons (Fsp3) is 0.219. The number of rotatable bonds is 12. The Morgan fingerprint density at radius 3 is 2.41 bits per heavy atom. The molecule has 9 heteroatoms. The maximum absolute atomic E-state index is 15.4. The van der Waals surface area contributed by atoms with E-state index in [4.69, 9.17) is 14.2 Å². The van der Waals surface area contributed by atoms with Crippen LogP contribution in [-0.2, 0) is 35.7 Å². The van der Waals surface area contributed by atoms with Crippen LogP contribution in [0.4, 0.5) is 4.39 Å². The van der Waals surface area contributed by atoms with Crippen molar-refractivity contribution in [1.82, 2.24) is 14.5 Å². The highest BCUT2D eigenvalue weighted by atomic mass is 19.1. The van der Waals surface area contributed by atoms with Gasteiger partial charge in [-0.3, -0.25) is 0 Å². The number of benzene rings is 3. The first-order chi connectivity index (χ1) is 20.0. The van der Waals surface area contributed by atoms with Crippen molar-refractivity contribution in [2.24, 2.45) is 0 Å². The number of aromatic nitrogens is 3. The number of carbonyl (C=O) groups is 1. The van der Waals surface area contributed by atoms with E-state index in [1.54, 1.807) is 38.5 Å². The zero-order valence-corrected chi connectivity index (χ0v) is 22.8. The highest BCUT2D eigenvalue weighted by Gasteiger charge is 2.16. The predicted octanol–water partition coefficient (Wildman–Crippen LogP) is 5.90. The third-order valence-corrected chi connectivity index (χ3v) is 6.81. The van der Waals surface area contributed by atoms with Crippen molar-refractivity contribution in [3.05, 3.63) is 113 Å². The van der Waals surface area contributed by atoms with Crippen LogP contribution in [0, 0.1) is 5.82 Å². The molecule has 0 aliphatic carbocycles. The molecular formula is C32H30FN3O5. The minimum Gasteiger partial charge on any atom is -0.478 e. The molecule has 5 rings (SSSR count). The van der Waals surface area contributed by atoms with Gasteiger partial charge < -0.3 is 23.9 Å². The van der Waals surface area contributed by atoms with Crippen LogP contribution in [0.5, 0.6) is 5.88 Å². The molecule has 0 saturated heterocycles. The molecule has 0 aliphatic rings. The number of hydrogen-bond acceptors (Lipinski definition) is 6. The van der Waals surface area contributed by atoms with Gasteiger partial charge >= 0.3 is 5.97 Å². The maximum Gasteiger partial charge on any atom is 0.335 e. The van der Waals surface area contributed by atoms with Crippen molar-refractivity contribution in [3.8, 4) is 17.1 Å². The van der Waals surface area contributed by atoms with Crippen LogP contribution >= 0.6 is 0 Å². The van der Waals surface area contributed by atoms with Crippen LogP contribution in [-0.4, -0.2) is 46.4 Å². The minimum atomic E-state index is -1.02. The largest absolute Gasteiger partial charge is 0.478 e. The second kappa shape index (κ2) is 12.7. The summed E-state index contributed by atoms with van der Waals surface area (Å²) in [6, 6.07) is 23.1. The molecule has 0 atom stereocenters. The topological polar surface area (TPSA) is 95.7 Å². The number of methoxy groups -OCH3 is 2. The lowest BCUT2D eigenvalue weighted by Crippen LogP contribution is -2.10. The summed E-state index contributed by atoms with van der Waals surface area (Å²) in [6.07, 6.45) is 0.227. The summed E-state index contributed by atoms with van der Waals surface area (Å²) in [5, 5.41) is 9.42. The van der Waals surface area contributed by atoms with Crippen LogP contribution in [0.25, 0.3) is 22.3 Å². The van der Waals surface area contributed by atoms with Crippen molar-refractivity contribution in [2.75, 3.05) is 20.8 Å². The van der Waals surface area contributed by atoms with Gasteiger partial charge in [0.05, 0.1) is 35.5 Å². The zero-order valence-electron chi connectivity index (χ0n) is 22.8. The Labute approximate surface area is 237 Å². The quantitative estimate of drug-likeness (QED) is 0.205. The van der Waals surface area contributed by atoms with E-state index in [1.165, 1.54) is 12.1 Å². The molecular weight excluding hydrogens is 525 g/mol.